The summed E-state index contributed by atoms with van der Waals surface area (Å²) in [5, 5.41) is 9.28. The summed E-state index contributed by atoms with van der Waals surface area (Å²) in [6.45, 7) is 3.92. The van der Waals surface area contributed by atoms with E-state index in [0.29, 0.717) is 0 Å². The van der Waals surface area contributed by atoms with Crippen molar-refractivity contribution in [3.05, 3.63) is 0 Å². The third kappa shape index (κ3) is 4.93. The highest BCUT2D eigenvalue weighted by atomic mass is 16.3. The molecule has 0 aromatic heterocycles. The van der Waals surface area contributed by atoms with E-state index in [2.05, 4.69) is 0 Å². The molecule has 0 saturated heterocycles. The Labute approximate surface area is 67.7 Å². The summed E-state index contributed by atoms with van der Waals surface area (Å²) in [7, 11) is 0. The summed E-state index contributed by atoms with van der Waals surface area (Å²) in [6, 6.07) is 0. The van der Waals surface area contributed by atoms with Crippen LogP contribution in [0.5, 0.6) is 0 Å². The number of hydrogen-bond donors (Lipinski definition) is 1. The van der Waals surface area contributed by atoms with E-state index in [1.807, 2.05) is 13.8 Å². The molecule has 0 fully saturated rings. The van der Waals surface area contributed by atoms with Gasteiger partial charge in [0.2, 0.25) is 0 Å². The number of aldehydes is 1. The molecule has 0 aromatic carbocycles. The molecule has 3 heteroatoms. The number of aliphatic hydroxyl groups excluding tert-OH is 1. The number of hydrogen-bond acceptors (Lipinski definition) is 2. The smallest absolute Gasteiger partial charge is 0.125 e. The van der Waals surface area contributed by atoms with Gasteiger partial charge in [-0.25, -0.2) is 0 Å². The maximum absolute atomic E-state index is 10.3. The van der Waals surface area contributed by atoms with Crippen LogP contribution in [0.3, 0.4) is 0 Å². The minimum Gasteiger partial charge on any atom is -0.412 e. The van der Waals surface area contributed by atoms with Crippen molar-refractivity contribution in [3.63, 3.8) is 0 Å². The average molecular weight is 162 g/mol. The van der Waals surface area contributed by atoms with Crippen LogP contribution >= 0.6 is 0 Å². The summed E-state index contributed by atoms with van der Waals surface area (Å²) in [6.07, 6.45) is 2.83. The van der Waals surface area contributed by atoms with Gasteiger partial charge in [-0.2, -0.15) is 0 Å². The van der Waals surface area contributed by atoms with Crippen LogP contribution in [0, 0.1) is 5.92 Å². The predicted octanol–water partition coefficient (Wildman–Crippen LogP) is 0.548. The molecular formula is C8H18O3. The van der Waals surface area contributed by atoms with Gasteiger partial charge >= 0.3 is 0 Å². The van der Waals surface area contributed by atoms with E-state index in [9.17, 15) is 9.90 Å². The molecule has 0 aromatic rings. The SMILES string of the molecule is CCCC(O)C(C=O)CC.O. The van der Waals surface area contributed by atoms with Gasteiger partial charge in [-0.15, -0.1) is 0 Å². The monoisotopic (exact) mass is 162 g/mol. The lowest BCUT2D eigenvalue weighted by Gasteiger charge is -2.13. The predicted molar refractivity (Wildman–Crippen MR) is 44.4 cm³/mol. The fourth-order valence-electron chi connectivity index (χ4n) is 0.969. The van der Waals surface area contributed by atoms with Crippen molar-refractivity contribution >= 4 is 6.29 Å². The van der Waals surface area contributed by atoms with Gasteiger partial charge in [0.05, 0.1) is 6.10 Å². The highest BCUT2D eigenvalue weighted by Crippen LogP contribution is 2.10. The molecule has 0 spiro atoms. The highest BCUT2D eigenvalue weighted by Gasteiger charge is 2.14. The molecule has 0 saturated carbocycles. The second-order valence-electron chi connectivity index (χ2n) is 2.56. The van der Waals surface area contributed by atoms with E-state index >= 15 is 0 Å². The fraction of sp³-hybridized carbons (Fsp3) is 0.875. The topological polar surface area (TPSA) is 68.8 Å². The number of carbonyl (C=O) groups excluding carboxylic acids is 1. The van der Waals surface area contributed by atoms with Gasteiger partial charge in [0.1, 0.15) is 6.29 Å². The normalized spacial score (nSPS) is 14.8. The lowest BCUT2D eigenvalue weighted by molar-refractivity contribution is -0.114. The molecule has 0 heterocycles. The van der Waals surface area contributed by atoms with Crippen molar-refractivity contribution in [1.29, 1.82) is 0 Å². The first-order valence-electron chi connectivity index (χ1n) is 3.89. The average Bonchev–Trinajstić information content (AvgIpc) is 1.91. The highest BCUT2D eigenvalue weighted by molar-refractivity contribution is 5.54. The zero-order valence-electron chi connectivity index (χ0n) is 7.21. The first-order valence-corrected chi connectivity index (χ1v) is 3.89. The van der Waals surface area contributed by atoms with E-state index in [0.717, 1.165) is 25.5 Å². The van der Waals surface area contributed by atoms with Gasteiger partial charge in [0.25, 0.3) is 0 Å². The molecule has 0 rings (SSSR count). The molecule has 0 amide bonds. The molecule has 0 radical (unpaired) electrons. The third-order valence-electron chi connectivity index (χ3n) is 1.72. The van der Waals surface area contributed by atoms with Crippen LogP contribution in [-0.2, 0) is 4.79 Å². The van der Waals surface area contributed by atoms with E-state index in [1.165, 1.54) is 0 Å². The number of carbonyl (C=O) groups is 1. The van der Waals surface area contributed by atoms with Gasteiger partial charge in [-0.05, 0) is 12.8 Å². The summed E-state index contributed by atoms with van der Waals surface area (Å²) in [5.41, 5.74) is 0. The van der Waals surface area contributed by atoms with Crippen LogP contribution in [0.15, 0.2) is 0 Å². The summed E-state index contributed by atoms with van der Waals surface area (Å²) in [5.74, 6) is -0.153. The molecule has 2 unspecified atom stereocenters. The maximum atomic E-state index is 10.3. The summed E-state index contributed by atoms with van der Waals surface area (Å²) >= 11 is 0. The van der Waals surface area contributed by atoms with Crippen LogP contribution in [0.1, 0.15) is 33.1 Å². The standard InChI is InChI=1S/C8H16O2.H2O/c1-3-5-8(10)7(4-2)6-9;/h6-8,10H,3-5H2,1-2H3;1H2. The Balaban J connectivity index is 0. The van der Waals surface area contributed by atoms with Crippen molar-refractivity contribution in [2.24, 2.45) is 5.92 Å². The van der Waals surface area contributed by atoms with Crippen LogP contribution in [0.2, 0.25) is 0 Å². The van der Waals surface area contributed by atoms with E-state index < -0.39 is 6.10 Å². The Morgan fingerprint density at radius 3 is 2.27 bits per heavy atom. The molecule has 0 aliphatic heterocycles. The lowest BCUT2D eigenvalue weighted by atomic mass is 9.98. The Kier molecular flexibility index (Phi) is 9.23. The van der Waals surface area contributed by atoms with Crippen molar-refractivity contribution in [3.8, 4) is 0 Å². The first kappa shape index (κ1) is 13.2. The molecular weight excluding hydrogens is 144 g/mol. The molecule has 3 N–H and O–H groups in total. The van der Waals surface area contributed by atoms with Crippen molar-refractivity contribution in [2.75, 3.05) is 0 Å². The minimum atomic E-state index is -0.424. The quantitative estimate of drug-likeness (QED) is 0.600. The number of rotatable bonds is 5. The minimum absolute atomic E-state index is 0. The zero-order chi connectivity index (χ0) is 7.98. The maximum Gasteiger partial charge on any atom is 0.125 e. The van der Waals surface area contributed by atoms with Crippen molar-refractivity contribution in [2.45, 2.75) is 39.2 Å². The summed E-state index contributed by atoms with van der Waals surface area (Å²) < 4.78 is 0. The van der Waals surface area contributed by atoms with Crippen LogP contribution in [0.4, 0.5) is 0 Å². The van der Waals surface area contributed by atoms with Gasteiger partial charge in [-0.3, -0.25) is 0 Å². The largest absolute Gasteiger partial charge is 0.412 e. The molecule has 0 aliphatic carbocycles. The molecule has 11 heavy (non-hydrogen) atoms. The van der Waals surface area contributed by atoms with Gasteiger partial charge in [0.15, 0.2) is 0 Å². The Morgan fingerprint density at radius 2 is 2.00 bits per heavy atom. The van der Waals surface area contributed by atoms with Crippen LogP contribution in [-0.4, -0.2) is 23.0 Å². The zero-order valence-corrected chi connectivity index (χ0v) is 7.21. The molecule has 68 valence electrons. The summed E-state index contributed by atoms with van der Waals surface area (Å²) in [4.78, 5) is 10.3. The Morgan fingerprint density at radius 1 is 1.45 bits per heavy atom. The Bertz CT molecular complexity index is 93.3. The van der Waals surface area contributed by atoms with Crippen molar-refractivity contribution in [1.82, 2.24) is 0 Å². The molecule has 0 bridgehead atoms. The first-order chi connectivity index (χ1) is 4.76. The van der Waals surface area contributed by atoms with E-state index in [1.54, 1.807) is 0 Å². The van der Waals surface area contributed by atoms with Gasteiger partial charge in [-0.1, -0.05) is 20.3 Å². The van der Waals surface area contributed by atoms with E-state index in [-0.39, 0.29) is 11.4 Å². The third-order valence-corrected chi connectivity index (χ3v) is 1.72. The second kappa shape index (κ2) is 7.69. The van der Waals surface area contributed by atoms with Gasteiger partial charge in [0, 0.05) is 5.92 Å². The second-order valence-corrected chi connectivity index (χ2v) is 2.56. The number of aliphatic hydroxyl groups is 1. The van der Waals surface area contributed by atoms with Crippen LogP contribution < -0.4 is 0 Å². The van der Waals surface area contributed by atoms with Crippen molar-refractivity contribution < 1.29 is 15.4 Å². The molecule has 0 aliphatic rings. The fourth-order valence-corrected chi connectivity index (χ4v) is 0.969. The van der Waals surface area contributed by atoms with E-state index in [4.69, 9.17) is 0 Å². The molecule has 3 nitrogen and oxygen atoms in total. The van der Waals surface area contributed by atoms with Crippen LogP contribution in [0.25, 0.3) is 0 Å². The van der Waals surface area contributed by atoms with Gasteiger partial charge < -0.3 is 15.4 Å². The lowest BCUT2D eigenvalue weighted by Crippen LogP contribution is -2.20. The molecule has 2 atom stereocenters. The Hall–Kier alpha value is -0.410.